The van der Waals surface area contributed by atoms with Gasteiger partial charge in [-0.15, -0.1) is 0 Å². The molecule has 1 aromatic heterocycles. The number of nitrogens with zero attached hydrogens (tertiary/aromatic N) is 5. The van der Waals surface area contributed by atoms with Crippen molar-refractivity contribution in [1.82, 2.24) is 19.6 Å². The predicted molar refractivity (Wildman–Crippen MR) is 120 cm³/mol. The molecule has 1 saturated heterocycles. The van der Waals surface area contributed by atoms with Crippen LogP contribution in [0.4, 0.5) is 14.9 Å². The van der Waals surface area contributed by atoms with E-state index in [0.29, 0.717) is 43.1 Å². The Hall–Kier alpha value is -4.28. The van der Waals surface area contributed by atoms with E-state index in [1.165, 1.54) is 41.1 Å². The minimum atomic E-state index is -0.508. The van der Waals surface area contributed by atoms with Crippen molar-refractivity contribution in [3.05, 3.63) is 76.2 Å². The molecule has 0 spiro atoms. The number of ether oxygens (including phenoxy) is 1. The monoisotopic (exact) mass is 467 g/mol. The zero-order valence-corrected chi connectivity index (χ0v) is 18.4. The summed E-state index contributed by atoms with van der Waals surface area (Å²) in [6.45, 7) is 3.31. The topological polar surface area (TPSA) is 111 Å². The number of non-ortho nitro benzene ring substituents is 1. The third kappa shape index (κ3) is 4.72. The van der Waals surface area contributed by atoms with Crippen LogP contribution in [0.15, 0.2) is 54.6 Å². The van der Waals surface area contributed by atoms with Crippen LogP contribution in [0.25, 0.3) is 16.9 Å². The van der Waals surface area contributed by atoms with Gasteiger partial charge in [-0.2, -0.15) is 5.10 Å². The van der Waals surface area contributed by atoms with Gasteiger partial charge in [-0.25, -0.2) is 13.9 Å². The van der Waals surface area contributed by atoms with Crippen molar-refractivity contribution in [3.63, 3.8) is 0 Å². The van der Waals surface area contributed by atoms with Crippen LogP contribution >= 0.6 is 0 Å². The van der Waals surface area contributed by atoms with Gasteiger partial charge in [0.25, 0.3) is 11.6 Å². The van der Waals surface area contributed by atoms with E-state index in [4.69, 9.17) is 4.74 Å². The highest BCUT2D eigenvalue weighted by Gasteiger charge is 2.28. The molecule has 4 rings (SSSR count). The standard InChI is InChI=1S/C23H22FN5O5/c1-2-34-23(31)27-13-11-26(12-14-27)22(30)21-15-20(16-3-5-17(24)6-4-16)25-28(21)18-7-9-19(10-8-18)29(32)33/h3-10,15H,2,11-14H2,1H3. The van der Waals surface area contributed by atoms with Crippen molar-refractivity contribution in [2.45, 2.75) is 6.92 Å². The molecule has 0 unspecified atom stereocenters. The Bertz CT molecular complexity index is 1200. The summed E-state index contributed by atoms with van der Waals surface area (Å²) in [5.41, 5.74) is 1.69. The highest BCUT2D eigenvalue weighted by atomic mass is 19.1. The van der Waals surface area contributed by atoms with Crippen molar-refractivity contribution >= 4 is 17.7 Å². The van der Waals surface area contributed by atoms with Gasteiger partial charge in [0.2, 0.25) is 0 Å². The summed E-state index contributed by atoms with van der Waals surface area (Å²) in [4.78, 5) is 39.1. The van der Waals surface area contributed by atoms with Crippen LogP contribution in [0, 0.1) is 15.9 Å². The molecule has 0 radical (unpaired) electrons. The maximum absolute atomic E-state index is 13.4. The van der Waals surface area contributed by atoms with Crippen molar-refractivity contribution in [1.29, 1.82) is 0 Å². The second-order valence-corrected chi connectivity index (χ2v) is 7.59. The molecule has 1 aliphatic rings. The third-order valence-electron chi connectivity index (χ3n) is 5.47. The van der Waals surface area contributed by atoms with E-state index < -0.39 is 16.8 Å². The van der Waals surface area contributed by atoms with E-state index in [9.17, 15) is 24.1 Å². The number of rotatable bonds is 5. The number of halogens is 1. The zero-order valence-electron chi connectivity index (χ0n) is 18.4. The summed E-state index contributed by atoms with van der Waals surface area (Å²) in [5.74, 6) is -0.697. The van der Waals surface area contributed by atoms with Gasteiger partial charge in [0.15, 0.2) is 0 Å². The maximum Gasteiger partial charge on any atom is 0.409 e. The van der Waals surface area contributed by atoms with Crippen molar-refractivity contribution in [2.75, 3.05) is 32.8 Å². The van der Waals surface area contributed by atoms with Gasteiger partial charge < -0.3 is 14.5 Å². The summed E-state index contributed by atoms with van der Waals surface area (Å²) in [6.07, 6.45) is -0.413. The molecule has 11 heteroatoms. The summed E-state index contributed by atoms with van der Waals surface area (Å²) in [6, 6.07) is 13.0. The number of piperazine rings is 1. The fourth-order valence-corrected chi connectivity index (χ4v) is 3.68. The number of carbonyl (C=O) groups is 2. The maximum atomic E-state index is 13.4. The molecule has 2 aromatic carbocycles. The normalized spacial score (nSPS) is 13.6. The lowest BCUT2D eigenvalue weighted by atomic mass is 10.1. The molecule has 34 heavy (non-hydrogen) atoms. The largest absolute Gasteiger partial charge is 0.450 e. The lowest BCUT2D eigenvalue weighted by Crippen LogP contribution is -2.51. The van der Waals surface area contributed by atoms with E-state index in [1.807, 2.05) is 0 Å². The third-order valence-corrected chi connectivity index (χ3v) is 5.47. The lowest BCUT2D eigenvalue weighted by molar-refractivity contribution is -0.384. The van der Waals surface area contributed by atoms with E-state index in [0.717, 1.165) is 0 Å². The molecule has 1 aliphatic heterocycles. The molecule has 0 aliphatic carbocycles. The Kier molecular flexibility index (Phi) is 6.53. The van der Waals surface area contributed by atoms with Crippen LogP contribution in [-0.4, -0.2) is 69.3 Å². The fourth-order valence-electron chi connectivity index (χ4n) is 3.68. The smallest absolute Gasteiger partial charge is 0.409 e. The zero-order chi connectivity index (χ0) is 24.2. The number of nitro groups is 1. The molecule has 2 heterocycles. The van der Waals surface area contributed by atoms with Crippen molar-refractivity contribution in [3.8, 4) is 16.9 Å². The highest BCUT2D eigenvalue weighted by molar-refractivity contribution is 5.94. The number of hydrogen-bond donors (Lipinski definition) is 0. The summed E-state index contributed by atoms with van der Waals surface area (Å²) in [7, 11) is 0. The van der Waals surface area contributed by atoms with Gasteiger partial charge in [0.05, 0.1) is 22.9 Å². The van der Waals surface area contributed by atoms with Crippen molar-refractivity contribution in [2.24, 2.45) is 0 Å². The number of benzene rings is 2. The first-order valence-electron chi connectivity index (χ1n) is 10.7. The quantitative estimate of drug-likeness (QED) is 0.420. The van der Waals surface area contributed by atoms with Crippen molar-refractivity contribution < 1.29 is 23.6 Å². The molecule has 0 atom stereocenters. The van der Waals surface area contributed by atoms with Gasteiger partial charge in [0.1, 0.15) is 11.5 Å². The number of amides is 2. The number of carbonyl (C=O) groups excluding carboxylic acids is 2. The summed E-state index contributed by atoms with van der Waals surface area (Å²) < 4.78 is 19.8. The lowest BCUT2D eigenvalue weighted by Gasteiger charge is -2.34. The molecule has 2 amide bonds. The molecular formula is C23H22FN5O5. The van der Waals surface area contributed by atoms with Crippen LogP contribution in [0.2, 0.25) is 0 Å². The number of nitro benzene ring substituents is 1. The minimum absolute atomic E-state index is 0.0855. The number of aromatic nitrogens is 2. The fraction of sp³-hybridized carbons (Fsp3) is 0.261. The minimum Gasteiger partial charge on any atom is -0.450 e. The molecule has 176 valence electrons. The molecule has 0 N–H and O–H groups in total. The predicted octanol–water partition coefficient (Wildman–Crippen LogP) is 3.50. The van der Waals surface area contributed by atoms with Gasteiger partial charge in [-0.1, -0.05) is 0 Å². The van der Waals surface area contributed by atoms with Crippen LogP contribution in [0.1, 0.15) is 17.4 Å². The first-order valence-corrected chi connectivity index (χ1v) is 10.7. The molecule has 10 nitrogen and oxygen atoms in total. The summed E-state index contributed by atoms with van der Waals surface area (Å²) >= 11 is 0. The molecule has 0 bridgehead atoms. The molecule has 1 fully saturated rings. The first kappa shape index (κ1) is 22.9. The van der Waals surface area contributed by atoms with Crippen LogP contribution in [0.5, 0.6) is 0 Å². The SMILES string of the molecule is CCOC(=O)N1CCN(C(=O)c2cc(-c3ccc(F)cc3)nn2-c2ccc([N+](=O)[O-])cc2)CC1. The highest BCUT2D eigenvalue weighted by Crippen LogP contribution is 2.25. The van der Waals surface area contributed by atoms with E-state index >= 15 is 0 Å². The van der Waals surface area contributed by atoms with Crippen LogP contribution < -0.4 is 0 Å². The van der Waals surface area contributed by atoms with E-state index in [2.05, 4.69) is 5.10 Å². The van der Waals surface area contributed by atoms with Gasteiger partial charge >= 0.3 is 6.09 Å². The Balaban J connectivity index is 1.65. The van der Waals surface area contributed by atoms with Gasteiger partial charge in [-0.05, 0) is 49.4 Å². The van der Waals surface area contributed by atoms with E-state index in [-0.39, 0.29) is 23.9 Å². The number of hydrogen-bond acceptors (Lipinski definition) is 6. The average Bonchev–Trinajstić information content (AvgIpc) is 3.30. The van der Waals surface area contributed by atoms with Crippen LogP contribution in [-0.2, 0) is 4.74 Å². The average molecular weight is 467 g/mol. The van der Waals surface area contributed by atoms with Gasteiger partial charge in [0, 0.05) is 43.9 Å². The Morgan fingerprint density at radius 2 is 1.65 bits per heavy atom. The van der Waals surface area contributed by atoms with Crippen LogP contribution in [0.3, 0.4) is 0 Å². The second-order valence-electron chi connectivity index (χ2n) is 7.59. The van der Waals surface area contributed by atoms with Gasteiger partial charge in [-0.3, -0.25) is 14.9 Å². The second kappa shape index (κ2) is 9.69. The Morgan fingerprint density at radius 3 is 2.24 bits per heavy atom. The summed E-state index contributed by atoms with van der Waals surface area (Å²) in [5, 5.41) is 15.5. The van der Waals surface area contributed by atoms with E-state index in [1.54, 1.807) is 34.9 Å². The molecular weight excluding hydrogens is 445 g/mol. The molecule has 0 saturated carbocycles. The Labute approximate surface area is 194 Å². The first-order chi connectivity index (χ1) is 16.4. The Morgan fingerprint density at radius 1 is 1.03 bits per heavy atom. The molecule has 3 aromatic rings.